The molecule has 1 saturated carbocycles. The second kappa shape index (κ2) is 8.31. The highest BCUT2D eigenvalue weighted by Gasteiger charge is 2.42. The number of ether oxygens (including phenoxy) is 1. The summed E-state index contributed by atoms with van der Waals surface area (Å²) in [6.45, 7) is 2.87. The highest BCUT2D eigenvalue weighted by Crippen LogP contribution is 2.44. The lowest BCUT2D eigenvalue weighted by atomic mass is 9.92. The van der Waals surface area contributed by atoms with Crippen molar-refractivity contribution in [2.45, 2.75) is 32.4 Å². The second-order valence-electron chi connectivity index (χ2n) is 9.48. The number of carbonyl (C=O) groups is 1. The van der Waals surface area contributed by atoms with Crippen molar-refractivity contribution < 1.29 is 14.6 Å². The normalized spacial score (nSPS) is 16.9. The van der Waals surface area contributed by atoms with Crippen LogP contribution in [-0.2, 0) is 24.3 Å². The first-order valence-electron chi connectivity index (χ1n) is 11.2. The Kier molecular flexibility index (Phi) is 5.49. The molecule has 2 aliphatic rings. The van der Waals surface area contributed by atoms with Gasteiger partial charge in [-0.1, -0.05) is 6.07 Å². The predicted molar refractivity (Wildman–Crippen MR) is 123 cm³/mol. The number of aromatic amines is 1. The zero-order valence-electron chi connectivity index (χ0n) is 18.7. The molecule has 2 aromatic heterocycles. The van der Waals surface area contributed by atoms with Gasteiger partial charge in [-0.25, -0.2) is 4.98 Å². The van der Waals surface area contributed by atoms with Gasteiger partial charge in [-0.15, -0.1) is 0 Å². The highest BCUT2D eigenvalue weighted by molar-refractivity contribution is 6.06. The van der Waals surface area contributed by atoms with Crippen molar-refractivity contribution in [1.29, 1.82) is 0 Å². The molecule has 1 aromatic carbocycles. The molecular formula is C25H30N4O3. The Labute approximate surface area is 187 Å². The van der Waals surface area contributed by atoms with Crippen LogP contribution in [0.15, 0.2) is 30.6 Å². The molecule has 0 radical (unpaired) electrons. The maximum atomic E-state index is 12.9. The molecule has 0 spiro atoms. The summed E-state index contributed by atoms with van der Waals surface area (Å²) >= 11 is 0. The Morgan fingerprint density at radius 1 is 1.28 bits per heavy atom. The fraction of sp³-hybridized carbons (Fsp3) is 0.440. The number of aliphatic hydroxyl groups excluding tert-OH is 1. The number of nitrogens with one attached hydrogen (secondary N) is 2. The summed E-state index contributed by atoms with van der Waals surface area (Å²) in [7, 11) is 4.15. The third kappa shape index (κ3) is 4.03. The van der Waals surface area contributed by atoms with Crippen molar-refractivity contribution in [2.24, 2.45) is 5.41 Å². The fourth-order valence-electron chi connectivity index (χ4n) is 4.49. The van der Waals surface area contributed by atoms with E-state index in [1.165, 1.54) is 16.7 Å². The van der Waals surface area contributed by atoms with Gasteiger partial charge in [-0.05, 0) is 67.7 Å². The van der Waals surface area contributed by atoms with Crippen LogP contribution in [-0.4, -0.2) is 59.7 Å². The lowest BCUT2D eigenvalue weighted by Crippen LogP contribution is -2.31. The van der Waals surface area contributed by atoms with Gasteiger partial charge in [0.15, 0.2) is 0 Å². The number of aromatic nitrogens is 2. The van der Waals surface area contributed by atoms with Gasteiger partial charge in [-0.3, -0.25) is 4.79 Å². The van der Waals surface area contributed by atoms with E-state index in [2.05, 4.69) is 46.4 Å². The smallest absolute Gasteiger partial charge is 0.253 e. The third-order valence-electron chi connectivity index (χ3n) is 6.71. The van der Waals surface area contributed by atoms with Gasteiger partial charge in [0.25, 0.3) is 5.91 Å². The van der Waals surface area contributed by atoms with Crippen LogP contribution in [0.2, 0.25) is 0 Å². The maximum absolute atomic E-state index is 12.9. The van der Waals surface area contributed by atoms with E-state index >= 15 is 0 Å². The van der Waals surface area contributed by atoms with Gasteiger partial charge < -0.3 is 25.0 Å². The molecule has 32 heavy (non-hydrogen) atoms. The van der Waals surface area contributed by atoms with Crippen molar-refractivity contribution in [2.75, 3.05) is 33.9 Å². The predicted octanol–water partition coefficient (Wildman–Crippen LogP) is 2.87. The minimum atomic E-state index is -0.134. The standard InChI is InChI=1S/C25H30N4O3/c1-29(2)12-19-8-17(7-16-3-6-32-13-22(16)19)18-9-20-21(11-27-23(20)26-10-18)24(31)28-14-25(15-30)4-5-25/h7-11,30H,3-6,12-15H2,1-2H3,(H,26,27)(H,28,31). The summed E-state index contributed by atoms with van der Waals surface area (Å²) in [5.41, 5.74) is 7.16. The van der Waals surface area contributed by atoms with E-state index in [0.29, 0.717) is 24.4 Å². The topological polar surface area (TPSA) is 90.5 Å². The van der Waals surface area contributed by atoms with Crippen LogP contribution in [0, 0.1) is 5.41 Å². The second-order valence-corrected chi connectivity index (χ2v) is 9.48. The number of aliphatic hydroxyl groups is 1. The van der Waals surface area contributed by atoms with Crippen molar-refractivity contribution in [3.8, 4) is 11.1 Å². The lowest BCUT2D eigenvalue weighted by Gasteiger charge is -2.23. The Morgan fingerprint density at radius 3 is 2.88 bits per heavy atom. The van der Waals surface area contributed by atoms with E-state index in [4.69, 9.17) is 4.74 Å². The van der Waals surface area contributed by atoms with E-state index in [1.807, 2.05) is 12.3 Å². The van der Waals surface area contributed by atoms with Crippen molar-refractivity contribution in [3.05, 3.63) is 52.8 Å². The van der Waals surface area contributed by atoms with Gasteiger partial charge in [0.1, 0.15) is 5.65 Å². The van der Waals surface area contributed by atoms with Crippen LogP contribution in [0.1, 0.15) is 39.9 Å². The van der Waals surface area contributed by atoms with Crippen LogP contribution in [0.4, 0.5) is 0 Å². The van der Waals surface area contributed by atoms with Gasteiger partial charge >= 0.3 is 0 Å². The minimum absolute atomic E-state index is 0.117. The number of carbonyl (C=O) groups excluding carboxylic acids is 1. The summed E-state index contributed by atoms with van der Waals surface area (Å²) in [5.74, 6) is -0.134. The molecule has 3 aromatic rings. The molecule has 3 N–H and O–H groups in total. The van der Waals surface area contributed by atoms with Crippen molar-refractivity contribution in [3.63, 3.8) is 0 Å². The molecule has 7 nitrogen and oxygen atoms in total. The fourth-order valence-corrected chi connectivity index (χ4v) is 4.49. The van der Waals surface area contributed by atoms with E-state index in [1.54, 1.807) is 6.20 Å². The Balaban J connectivity index is 1.48. The molecule has 7 heteroatoms. The number of pyridine rings is 1. The molecule has 0 unspecified atom stereocenters. The molecule has 3 heterocycles. The molecule has 1 fully saturated rings. The number of rotatable bonds is 7. The average molecular weight is 435 g/mol. The molecule has 168 valence electrons. The summed E-state index contributed by atoms with van der Waals surface area (Å²) in [6.07, 6.45) is 6.41. The quantitative estimate of drug-likeness (QED) is 0.532. The Bertz CT molecular complexity index is 1160. The number of fused-ring (bicyclic) bond motifs is 2. The van der Waals surface area contributed by atoms with Crippen LogP contribution < -0.4 is 5.32 Å². The largest absolute Gasteiger partial charge is 0.396 e. The zero-order valence-corrected chi connectivity index (χ0v) is 18.7. The SMILES string of the molecule is CN(C)Cc1cc(-c2cnc3[nH]cc(C(=O)NCC4(CO)CC4)c3c2)cc2c1COCC2. The van der Waals surface area contributed by atoms with Crippen molar-refractivity contribution >= 4 is 16.9 Å². The van der Waals surface area contributed by atoms with E-state index in [-0.39, 0.29) is 17.9 Å². The number of hydrogen-bond acceptors (Lipinski definition) is 5. The number of amides is 1. The van der Waals surface area contributed by atoms with E-state index in [0.717, 1.165) is 48.9 Å². The molecular weight excluding hydrogens is 404 g/mol. The maximum Gasteiger partial charge on any atom is 0.253 e. The molecule has 1 amide bonds. The minimum Gasteiger partial charge on any atom is -0.396 e. The summed E-state index contributed by atoms with van der Waals surface area (Å²) in [4.78, 5) is 22.7. The van der Waals surface area contributed by atoms with E-state index < -0.39 is 0 Å². The Hall–Kier alpha value is -2.74. The molecule has 1 aliphatic heterocycles. The monoisotopic (exact) mass is 434 g/mol. The van der Waals surface area contributed by atoms with Crippen LogP contribution in [0.25, 0.3) is 22.2 Å². The molecule has 5 rings (SSSR count). The first kappa shape index (κ1) is 21.1. The van der Waals surface area contributed by atoms with Gasteiger partial charge in [-0.2, -0.15) is 0 Å². The van der Waals surface area contributed by atoms with Gasteiger partial charge in [0, 0.05) is 41.8 Å². The Morgan fingerprint density at radius 2 is 2.12 bits per heavy atom. The van der Waals surface area contributed by atoms with Crippen LogP contribution in [0.3, 0.4) is 0 Å². The summed E-state index contributed by atoms with van der Waals surface area (Å²) < 4.78 is 5.72. The number of nitrogens with zero attached hydrogens (tertiary/aromatic N) is 2. The van der Waals surface area contributed by atoms with Crippen LogP contribution in [0.5, 0.6) is 0 Å². The summed E-state index contributed by atoms with van der Waals surface area (Å²) in [6, 6.07) is 6.51. The van der Waals surface area contributed by atoms with Gasteiger partial charge in [0.2, 0.25) is 0 Å². The first-order chi connectivity index (χ1) is 15.5. The molecule has 0 atom stereocenters. The number of H-pyrrole nitrogens is 1. The molecule has 1 aliphatic carbocycles. The lowest BCUT2D eigenvalue weighted by molar-refractivity contribution is 0.0937. The third-order valence-corrected chi connectivity index (χ3v) is 6.71. The van der Waals surface area contributed by atoms with E-state index in [9.17, 15) is 9.90 Å². The molecule has 0 bridgehead atoms. The molecule has 0 saturated heterocycles. The number of benzene rings is 1. The number of hydrogen-bond donors (Lipinski definition) is 3. The van der Waals surface area contributed by atoms with Crippen molar-refractivity contribution in [1.82, 2.24) is 20.2 Å². The average Bonchev–Trinajstić information content (AvgIpc) is 3.46. The highest BCUT2D eigenvalue weighted by atomic mass is 16.5. The van der Waals surface area contributed by atoms with Crippen LogP contribution >= 0.6 is 0 Å². The van der Waals surface area contributed by atoms with Gasteiger partial charge in [0.05, 0.1) is 25.4 Å². The first-order valence-corrected chi connectivity index (χ1v) is 11.2. The zero-order chi connectivity index (χ0) is 22.3. The summed E-state index contributed by atoms with van der Waals surface area (Å²) in [5, 5.41) is 13.3.